The Morgan fingerprint density at radius 2 is 2.22 bits per heavy atom. The summed E-state index contributed by atoms with van der Waals surface area (Å²) in [4.78, 5) is 9.92. The van der Waals surface area contributed by atoms with E-state index in [1.165, 1.54) is 6.07 Å². The molecule has 0 fully saturated rings. The van der Waals surface area contributed by atoms with Crippen LogP contribution in [0.1, 0.15) is 5.56 Å². The molecule has 8 nitrogen and oxygen atoms in total. The number of sulfonamides is 1. The van der Waals surface area contributed by atoms with Crippen LogP contribution < -0.4 is 10.5 Å². The largest absolute Gasteiger partial charge is 0.394 e. The number of rotatable bonds is 3. The quantitative estimate of drug-likeness (QED) is 0.505. The summed E-state index contributed by atoms with van der Waals surface area (Å²) in [5.74, 6) is 0. The van der Waals surface area contributed by atoms with Gasteiger partial charge in [-0.15, -0.1) is 0 Å². The lowest BCUT2D eigenvalue weighted by molar-refractivity contribution is -0.384. The van der Waals surface area contributed by atoms with E-state index in [-0.39, 0.29) is 28.9 Å². The molecule has 0 radical (unpaired) electrons. The van der Waals surface area contributed by atoms with E-state index in [9.17, 15) is 18.5 Å². The molecule has 0 saturated carbocycles. The first kappa shape index (κ1) is 12.7. The molecule has 0 amide bonds. The first-order valence-electron chi connectivity index (χ1n) is 5.04. The average molecular weight is 273 g/mol. The average Bonchev–Trinajstić information content (AvgIpc) is 2.68. The summed E-state index contributed by atoms with van der Waals surface area (Å²) in [6.45, 7) is -0.198. The molecule has 2 rings (SSSR count). The molecule has 1 aromatic carbocycles. The van der Waals surface area contributed by atoms with Crippen LogP contribution in [0, 0.1) is 10.1 Å². The highest BCUT2D eigenvalue weighted by molar-refractivity contribution is 7.89. The van der Waals surface area contributed by atoms with Gasteiger partial charge in [0.15, 0.2) is 0 Å². The maximum absolute atomic E-state index is 11.2. The Morgan fingerprint density at radius 3 is 2.72 bits per heavy atom. The van der Waals surface area contributed by atoms with Gasteiger partial charge in [-0.1, -0.05) is 0 Å². The standard InChI is InChI=1S/C9H11N3O5S/c10-18(16,17)7-2-5-1-6(4-13)11-9(5)8(3-7)12(14)15/h2-3,6,11,13H,1,4H2,(H2,10,16,17)/t6-/m0/s1. The Balaban J connectivity index is 2.61. The van der Waals surface area contributed by atoms with Gasteiger partial charge in [0.1, 0.15) is 5.69 Å². The third kappa shape index (κ3) is 2.15. The van der Waals surface area contributed by atoms with Gasteiger partial charge >= 0.3 is 0 Å². The van der Waals surface area contributed by atoms with Gasteiger partial charge in [0, 0.05) is 6.07 Å². The molecule has 1 aliphatic rings. The highest BCUT2D eigenvalue weighted by Gasteiger charge is 2.30. The number of benzene rings is 1. The topological polar surface area (TPSA) is 136 Å². The molecule has 98 valence electrons. The van der Waals surface area contributed by atoms with Crippen molar-refractivity contribution in [2.75, 3.05) is 11.9 Å². The molecular formula is C9H11N3O5S. The SMILES string of the molecule is NS(=O)(=O)c1cc2c(c([N+](=O)[O-])c1)N[C@H](CO)C2. The number of fused-ring (bicyclic) bond motifs is 1. The smallest absolute Gasteiger partial charge is 0.293 e. The Bertz CT molecular complexity index is 613. The van der Waals surface area contributed by atoms with Gasteiger partial charge in [0.2, 0.25) is 10.0 Å². The Hall–Kier alpha value is -1.71. The zero-order chi connectivity index (χ0) is 13.5. The van der Waals surface area contributed by atoms with Crippen LogP contribution in [0.5, 0.6) is 0 Å². The van der Waals surface area contributed by atoms with E-state index in [0.29, 0.717) is 12.0 Å². The van der Waals surface area contributed by atoms with Crippen LogP contribution >= 0.6 is 0 Å². The Labute approximate surface area is 103 Å². The molecule has 1 aromatic rings. The monoisotopic (exact) mass is 273 g/mol. The predicted octanol–water partition coefficient (Wildman–Crippen LogP) is -0.429. The number of nitrogens with zero attached hydrogens (tertiary/aromatic N) is 1. The van der Waals surface area contributed by atoms with Crippen molar-refractivity contribution < 1.29 is 18.4 Å². The molecular weight excluding hydrogens is 262 g/mol. The first-order chi connectivity index (χ1) is 8.32. The van der Waals surface area contributed by atoms with Crippen LogP contribution in [-0.2, 0) is 16.4 Å². The number of hydrogen-bond acceptors (Lipinski definition) is 6. The summed E-state index contributed by atoms with van der Waals surface area (Å²) >= 11 is 0. The summed E-state index contributed by atoms with van der Waals surface area (Å²) in [7, 11) is -4.00. The second-order valence-corrected chi connectivity index (χ2v) is 5.57. The summed E-state index contributed by atoms with van der Waals surface area (Å²) in [6, 6.07) is 1.86. The number of aliphatic hydroxyl groups excluding tert-OH is 1. The van der Waals surface area contributed by atoms with Crippen molar-refractivity contribution in [3.05, 3.63) is 27.8 Å². The summed E-state index contributed by atoms with van der Waals surface area (Å²) in [5, 5.41) is 27.7. The minimum absolute atomic E-state index is 0.198. The van der Waals surface area contributed by atoms with Gasteiger partial charge in [0.25, 0.3) is 5.69 Å². The van der Waals surface area contributed by atoms with Gasteiger partial charge < -0.3 is 10.4 Å². The van der Waals surface area contributed by atoms with Crippen LogP contribution in [0.2, 0.25) is 0 Å². The molecule has 0 unspecified atom stereocenters. The number of nitrogens with two attached hydrogens (primary N) is 1. The highest BCUT2D eigenvalue weighted by Crippen LogP contribution is 2.36. The summed E-state index contributed by atoms with van der Waals surface area (Å²) in [5.41, 5.74) is 0.353. The number of aliphatic hydroxyl groups is 1. The van der Waals surface area contributed by atoms with Crippen LogP contribution in [0.15, 0.2) is 17.0 Å². The molecule has 0 aromatic heterocycles. The van der Waals surface area contributed by atoms with Crippen molar-refractivity contribution in [1.82, 2.24) is 0 Å². The van der Waals surface area contributed by atoms with E-state index in [0.717, 1.165) is 6.07 Å². The Morgan fingerprint density at radius 1 is 1.56 bits per heavy atom. The summed E-state index contributed by atoms with van der Waals surface area (Å²) < 4.78 is 22.5. The number of nitro groups is 1. The fourth-order valence-electron chi connectivity index (χ4n) is 1.92. The zero-order valence-corrected chi connectivity index (χ0v) is 9.98. The van der Waals surface area contributed by atoms with Gasteiger partial charge in [0.05, 0.1) is 22.5 Å². The van der Waals surface area contributed by atoms with Crippen LogP contribution in [0.25, 0.3) is 0 Å². The fraction of sp³-hybridized carbons (Fsp3) is 0.333. The molecule has 4 N–H and O–H groups in total. The van der Waals surface area contributed by atoms with E-state index in [4.69, 9.17) is 10.2 Å². The molecule has 0 saturated heterocycles. The number of anilines is 1. The van der Waals surface area contributed by atoms with Crippen LogP contribution in [0.3, 0.4) is 0 Å². The number of hydrogen-bond donors (Lipinski definition) is 3. The van der Waals surface area contributed by atoms with Gasteiger partial charge in [-0.2, -0.15) is 0 Å². The lowest BCUT2D eigenvalue weighted by Crippen LogP contribution is -2.19. The predicted molar refractivity (Wildman–Crippen MR) is 62.7 cm³/mol. The third-order valence-electron chi connectivity index (χ3n) is 2.73. The number of primary sulfonamides is 1. The first-order valence-corrected chi connectivity index (χ1v) is 6.59. The van der Waals surface area contributed by atoms with E-state index in [2.05, 4.69) is 5.32 Å². The van der Waals surface area contributed by atoms with Crippen molar-refractivity contribution >= 4 is 21.4 Å². The lowest BCUT2D eigenvalue weighted by atomic mass is 10.1. The van der Waals surface area contributed by atoms with Crippen molar-refractivity contribution in [2.24, 2.45) is 5.14 Å². The van der Waals surface area contributed by atoms with E-state index >= 15 is 0 Å². The molecule has 0 spiro atoms. The van der Waals surface area contributed by atoms with E-state index in [1.54, 1.807) is 0 Å². The van der Waals surface area contributed by atoms with Crippen molar-refractivity contribution in [3.8, 4) is 0 Å². The maximum atomic E-state index is 11.2. The number of nitro benzene ring substituents is 1. The second kappa shape index (κ2) is 4.19. The lowest BCUT2D eigenvalue weighted by Gasteiger charge is -2.06. The molecule has 0 aliphatic carbocycles. The van der Waals surface area contributed by atoms with Crippen molar-refractivity contribution in [3.63, 3.8) is 0 Å². The minimum atomic E-state index is -4.00. The van der Waals surface area contributed by atoms with Crippen LogP contribution in [-0.4, -0.2) is 31.1 Å². The summed E-state index contributed by atoms with van der Waals surface area (Å²) in [6.07, 6.45) is 0.316. The highest BCUT2D eigenvalue weighted by atomic mass is 32.2. The normalized spacial score (nSPS) is 18.2. The van der Waals surface area contributed by atoms with Crippen molar-refractivity contribution in [2.45, 2.75) is 17.4 Å². The molecule has 0 bridgehead atoms. The maximum Gasteiger partial charge on any atom is 0.293 e. The van der Waals surface area contributed by atoms with Gasteiger partial charge in [-0.05, 0) is 18.1 Å². The van der Waals surface area contributed by atoms with E-state index < -0.39 is 14.9 Å². The van der Waals surface area contributed by atoms with Crippen LogP contribution in [0.4, 0.5) is 11.4 Å². The van der Waals surface area contributed by atoms with Gasteiger partial charge in [-0.3, -0.25) is 10.1 Å². The zero-order valence-electron chi connectivity index (χ0n) is 9.16. The molecule has 9 heteroatoms. The van der Waals surface area contributed by atoms with Crippen molar-refractivity contribution in [1.29, 1.82) is 0 Å². The Kier molecular flexibility index (Phi) is 2.97. The molecule has 18 heavy (non-hydrogen) atoms. The molecule has 1 aliphatic heterocycles. The fourth-order valence-corrected chi connectivity index (χ4v) is 2.51. The minimum Gasteiger partial charge on any atom is -0.394 e. The number of nitrogens with one attached hydrogen (secondary N) is 1. The second-order valence-electron chi connectivity index (χ2n) is 4.01. The van der Waals surface area contributed by atoms with Gasteiger partial charge in [-0.25, -0.2) is 13.6 Å². The molecule has 1 heterocycles. The molecule has 1 atom stereocenters. The van der Waals surface area contributed by atoms with E-state index in [1.807, 2.05) is 0 Å². The third-order valence-corrected chi connectivity index (χ3v) is 3.63.